The molecule has 3 N–H and O–H groups in total. The Hall–Kier alpha value is -1.94. The Balaban J connectivity index is 5.23. The lowest BCUT2D eigenvalue weighted by Gasteiger charge is -2.21. The van der Waals surface area contributed by atoms with Crippen molar-refractivity contribution in [3.05, 3.63) is 0 Å². The highest BCUT2D eigenvalue weighted by atomic mass is 31.2. The second-order valence-electron chi connectivity index (χ2n) is 28.5. The number of unbranched alkanes of at least 4 members (excludes halogenated alkanes) is 36. The third kappa shape index (κ3) is 66.0. The average molecular weight is 1380 g/mol. The van der Waals surface area contributed by atoms with E-state index in [9.17, 15) is 43.2 Å². The number of carbonyl (C=O) groups excluding carboxylic acids is 4. The number of aliphatic hydroxyl groups excluding tert-OH is 1. The van der Waals surface area contributed by atoms with Gasteiger partial charge in [-0.2, -0.15) is 0 Å². The molecule has 0 aliphatic heterocycles. The fourth-order valence-corrected chi connectivity index (χ4v) is 12.9. The van der Waals surface area contributed by atoms with Crippen molar-refractivity contribution in [3.63, 3.8) is 0 Å². The van der Waals surface area contributed by atoms with Crippen LogP contribution in [0.1, 0.15) is 376 Å². The summed E-state index contributed by atoms with van der Waals surface area (Å²) in [7, 11) is -9.91. The minimum atomic E-state index is -4.96. The van der Waals surface area contributed by atoms with Crippen molar-refractivity contribution in [2.75, 3.05) is 39.6 Å². The fourth-order valence-electron chi connectivity index (χ4n) is 11.3. The molecule has 0 aromatic heterocycles. The largest absolute Gasteiger partial charge is 0.472 e. The summed E-state index contributed by atoms with van der Waals surface area (Å²) in [5.41, 5.74) is 0. The van der Waals surface area contributed by atoms with Gasteiger partial charge in [-0.1, -0.05) is 325 Å². The van der Waals surface area contributed by atoms with Gasteiger partial charge in [-0.25, -0.2) is 9.13 Å². The third-order valence-corrected chi connectivity index (χ3v) is 19.9. The number of hydrogen-bond acceptors (Lipinski definition) is 15. The van der Waals surface area contributed by atoms with Crippen LogP contribution < -0.4 is 0 Å². The van der Waals surface area contributed by atoms with Crippen LogP contribution in [-0.4, -0.2) is 96.7 Å². The summed E-state index contributed by atoms with van der Waals surface area (Å²) in [6, 6.07) is 0. The first-order chi connectivity index (χ1) is 45.2. The van der Waals surface area contributed by atoms with Crippen LogP contribution in [0.15, 0.2) is 0 Å². The SMILES string of the molecule is CCC(C)CCCCCCCCCCCCCCCCC(=O)OC[C@H](COP(=O)(O)OC[C@@H](O)COP(=O)(O)OC[C@@H](COC(=O)CCCCCCCCC(C)C)OC(=O)CCCCCCCCCCCCC(C)CC)OC(=O)CCCCCCCCCCCCC(C)C. The van der Waals surface area contributed by atoms with Crippen LogP contribution >= 0.6 is 15.6 Å². The molecule has 0 spiro atoms. The summed E-state index contributed by atoms with van der Waals surface area (Å²) in [6.45, 7) is 14.2. The molecule has 0 saturated carbocycles. The van der Waals surface area contributed by atoms with Gasteiger partial charge in [0.2, 0.25) is 0 Å². The highest BCUT2D eigenvalue weighted by Crippen LogP contribution is 2.45. The van der Waals surface area contributed by atoms with Gasteiger partial charge in [0.1, 0.15) is 19.3 Å². The third-order valence-electron chi connectivity index (χ3n) is 18.0. The van der Waals surface area contributed by atoms with Crippen LogP contribution in [0.25, 0.3) is 0 Å². The summed E-state index contributed by atoms with van der Waals surface area (Å²) in [6.07, 6.45) is 48.6. The molecule has 0 saturated heterocycles. The lowest BCUT2D eigenvalue weighted by molar-refractivity contribution is -0.161. The van der Waals surface area contributed by atoms with Crippen LogP contribution in [-0.2, 0) is 65.4 Å². The number of carbonyl (C=O) groups is 4. The molecule has 0 fully saturated rings. The number of rotatable bonds is 72. The van der Waals surface area contributed by atoms with E-state index in [1.165, 1.54) is 173 Å². The second kappa shape index (κ2) is 64.4. The first kappa shape index (κ1) is 92.1. The number of hydrogen-bond donors (Lipinski definition) is 3. The molecular weight excluding hydrogens is 1230 g/mol. The lowest BCUT2D eigenvalue weighted by Crippen LogP contribution is -2.30. The van der Waals surface area contributed by atoms with E-state index in [1.807, 2.05) is 0 Å². The normalized spacial score (nSPS) is 14.7. The van der Waals surface area contributed by atoms with Gasteiger partial charge in [0.05, 0.1) is 26.4 Å². The van der Waals surface area contributed by atoms with Crippen LogP contribution in [0, 0.1) is 23.7 Å². The van der Waals surface area contributed by atoms with E-state index in [4.69, 9.17) is 37.0 Å². The topological polar surface area (TPSA) is 237 Å². The zero-order chi connectivity index (χ0) is 69.6. The van der Waals surface area contributed by atoms with Gasteiger partial charge in [0, 0.05) is 25.7 Å². The molecule has 0 heterocycles. The van der Waals surface area contributed by atoms with Gasteiger partial charge in [-0.05, 0) is 49.4 Å². The Morgan fingerprint density at radius 3 is 0.755 bits per heavy atom. The Morgan fingerprint density at radius 2 is 0.511 bits per heavy atom. The molecule has 0 aliphatic rings. The highest BCUT2D eigenvalue weighted by molar-refractivity contribution is 7.47. The van der Waals surface area contributed by atoms with Crippen molar-refractivity contribution in [2.45, 2.75) is 395 Å². The van der Waals surface area contributed by atoms with E-state index >= 15 is 0 Å². The molecule has 0 radical (unpaired) electrons. The van der Waals surface area contributed by atoms with Gasteiger partial charge in [-0.15, -0.1) is 0 Å². The van der Waals surface area contributed by atoms with Crippen molar-refractivity contribution in [2.24, 2.45) is 23.7 Å². The number of esters is 4. The average Bonchev–Trinajstić information content (AvgIpc) is 1.48. The van der Waals surface area contributed by atoms with E-state index in [-0.39, 0.29) is 25.7 Å². The van der Waals surface area contributed by atoms with Gasteiger partial charge in [-0.3, -0.25) is 37.3 Å². The monoisotopic (exact) mass is 1380 g/mol. The zero-order valence-corrected chi connectivity index (χ0v) is 63.4. The Bertz CT molecular complexity index is 1850. The smallest absolute Gasteiger partial charge is 0.462 e. The molecule has 4 unspecified atom stereocenters. The molecule has 0 rings (SSSR count). The van der Waals surface area contributed by atoms with Crippen molar-refractivity contribution >= 4 is 39.5 Å². The summed E-state index contributed by atoms with van der Waals surface area (Å²) in [5, 5.41) is 10.6. The molecule has 7 atom stereocenters. The predicted molar refractivity (Wildman–Crippen MR) is 381 cm³/mol. The van der Waals surface area contributed by atoms with Gasteiger partial charge < -0.3 is 33.8 Å². The molecule has 0 amide bonds. The summed E-state index contributed by atoms with van der Waals surface area (Å²) < 4.78 is 68.5. The van der Waals surface area contributed by atoms with E-state index < -0.39 is 97.5 Å². The van der Waals surface area contributed by atoms with Crippen LogP contribution in [0.5, 0.6) is 0 Å². The second-order valence-corrected chi connectivity index (χ2v) is 31.4. The molecule has 17 nitrogen and oxygen atoms in total. The lowest BCUT2D eigenvalue weighted by atomic mass is 9.99. The molecule has 0 aromatic rings. The first-order valence-corrected chi connectivity index (χ1v) is 41.8. The quantitative estimate of drug-likeness (QED) is 0.0222. The van der Waals surface area contributed by atoms with E-state index in [1.54, 1.807) is 0 Å². The minimum absolute atomic E-state index is 0.105. The standard InChI is InChI=1S/C75H146O17P2/c1-9-67(7)53-45-37-28-22-15-13-11-12-14-16-24-30-39-47-55-72(77)85-61-70(91-74(79)57-49-41-31-25-19-17-21-27-35-43-51-65(3)4)63-89-93(81,82)87-59-69(76)60-88-94(83,84)90-64-71(62-86-73(78)56-48-40-34-33-36-44-52-66(5)6)92-75(80)58-50-42-32-26-20-18-23-29-38-46-54-68(8)10-2/h65-71,76H,9-64H2,1-8H3,(H,81,82)(H,83,84)/t67?,68?,69-,70-,71-/m1/s1. The number of phosphoric ester groups is 2. The predicted octanol–water partition coefficient (Wildman–Crippen LogP) is 21.7. The van der Waals surface area contributed by atoms with Crippen molar-refractivity contribution in [1.82, 2.24) is 0 Å². The molecule has 19 heteroatoms. The van der Waals surface area contributed by atoms with Crippen molar-refractivity contribution < 1.29 is 80.2 Å². The van der Waals surface area contributed by atoms with Crippen molar-refractivity contribution in [3.8, 4) is 0 Å². The maximum atomic E-state index is 13.1. The molecule has 94 heavy (non-hydrogen) atoms. The first-order valence-electron chi connectivity index (χ1n) is 38.8. The number of ether oxygens (including phenoxy) is 4. The Labute approximate surface area is 575 Å². The van der Waals surface area contributed by atoms with Gasteiger partial charge in [0.25, 0.3) is 0 Å². The van der Waals surface area contributed by atoms with E-state index in [2.05, 4.69) is 55.4 Å². The number of phosphoric acid groups is 2. The fraction of sp³-hybridized carbons (Fsp3) is 0.947. The van der Waals surface area contributed by atoms with Gasteiger partial charge in [0.15, 0.2) is 12.2 Å². The maximum Gasteiger partial charge on any atom is 0.472 e. The van der Waals surface area contributed by atoms with Crippen molar-refractivity contribution in [1.29, 1.82) is 0 Å². The maximum absolute atomic E-state index is 13.1. The molecular formula is C75H146O17P2. The highest BCUT2D eigenvalue weighted by Gasteiger charge is 2.30. The molecule has 0 bridgehead atoms. The summed E-state index contributed by atoms with van der Waals surface area (Å²) in [4.78, 5) is 72.7. The zero-order valence-electron chi connectivity index (χ0n) is 61.6. The van der Waals surface area contributed by atoms with Gasteiger partial charge >= 0.3 is 39.5 Å². The molecule has 0 aliphatic carbocycles. The van der Waals surface area contributed by atoms with Crippen LogP contribution in [0.2, 0.25) is 0 Å². The Kier molecular flexibility index (Phi) is 63.1. The van der Waals surface area contributed by atoms with Crippen LogP contribution in [0.3, 0.4) is 0 Å². The van der Waals surface area contributed by atoms with Crippen LogP contribution in [0.4, 0.5) is 0 Å². The Morgan fingerprint density at radius 1 is 0.298 bits per heavy atom. The number of aliphatic hydroxyl groups is 1. The molecule has 0 aromatic carbocycles. The van der Waals surface area contributed by atoms with E-state index in [0.29, 0.717) is 31.6 Å². The summed E-state index contributed by atoms with van der Waals surface area (Å²) >= 11 is 0. The minimum Gasteiger partial charge on any atom is -0.462 e. The molecule has 558 valence electrons. The summed E-state index contributed by atoms with van der Waals surface area (Å²) in [5.74, 6) is 0.960. The van der Waals surface area contributed by atoms with E-state index in [0.717, 1.165) is 114 Å².